The van der Waals surface area contributed by atoms with E-state index in [-0.39, 0.29) is 23.8 Å². The third-order valence-corrected chi connectivity index (χ3v) is 9.95. The van der Waals surface area contributed by atoms with Crippen molar-refractivity contribution in [2.45, 2.75) is 51.0 Å². The van der Waals surface area contributed by atoms with Crippen LogP contribution in [0.3, 0.4) is 0 Å². The fourth-order valence-electron chi connectivity index (χ4n) is 2.59. The number of carbonyl (C=O) groups excluding carboxylic acids is 2. The molecule has 12 heteroatoms. The van der Waals surface area contributed by atoms with Gasteiger partial charge in [0.25, 0.3) is 0 Å². The van der Waals surface area contributed by atoms with Crippen molar-refractivity contribution < 1.29 is 31.3 Å². The first kappa shape index (κ1) is 20.8. The predicted molar refractivity (Wildman–Crippen MR) is 94.6 cm³/mol. The summed E-state index contributed by atoms with van der Waals surface area (Å²) in [5.41, 5.74) is 5.41. The molecule has 2 bridgehead atoms. The van der Waals surface area contributed by atoms with Gasteiger partial charge >= 0.3 is 16.4 Å². The van der Waals surface area contributed by atoms with E-state index in [9.17, 15) is 18.0 Å². The average molecular weight is 408 g/mol. The standard InChI is InChI=1S/C14H25N3O7SSi/c1-14(2,3)26(4,5)23-8-9-6-10(12(15)18)11-7-16(9)13(19)17(11)24-25(20,21)22/h6,9,11H,7-8H2,1-5H3,(H2,15,18)(H,20,21,22)/t9-,11-/m0/s1. The maximum atomic E-state index is 12.5. The highest BCUT2D eigenvalue weighted by Gasteiger charge is 2.50. The fourth-order valence-corrected chi connectivity index (χ4v) is 3.98. The quantitative estimate of drug-likeness (QED) is 0.486. The van der Waals surface area contributed by atoms with E-state index in [0.29, 0.717) is 5.06 Å². The minimum Gasteiger partial charge on any atom is -0.414 e. The van der Waals surface area contributed by atoms with Gasteiger partial charge in [0.2, 0.25) is 5.91 Å². The second-order valence-electron chi connectivity index (χ2n) is 7.90. The molecule has 148 valence electrons. The summed E-state index contributed by atoms with van der Waals surface area (Å²) in [4.78, 5) is 25.6. The molecule has 2 rings (SSSR count). The van der Waals surface area contributed by atoms with E-state index in [0.717, 1.165) is 0 Å². The summed E-state index contributed by atoms with van der Waals surface area (Å²) in [6, 6.07) is -2.39. The number of hydroxylamine groups is 2. The van der Waals surface area contributed by atoms with Crippen LogP contribution in [0.15, 0.2) is 11.6 Å². The molecule has 0 aromatic carbocycles. The van der Waals surface area contributed by atoms with Crippen LogP contribution in [0.25, 0.3) is 0 Å². The fraction of sp³-hybridized carbons (Fsp3) is 0.714. The Labute approximate surface area is 153 Å². The number of hydrogen-bond acceptors (Lipinski definition) is 6. The lowest BCUT2D eigenvalue weighted by Gasteiger charge is -2.38. The minimum absolute atomic E-state index is 0.00859. The Bertz CT molecular complexity index is 744. The van der Waals surface area contributed by atoms with Gasteiger partial charge in [-0.05, 0) is 24.2 Å². The molecule has 0 radical (unpaired) electrons. The van der Waals surface area contributed by atoms with Crippen molar-refractivity contribution in [1.29, 1.82) is 0 Å². The first-order valence-corrected chi connectivity index (χ1v) is 12.3. The van der Waals surface area contributed by atoms with Crippen LogP contribution in [0.1, 0.15) is 20.8 Å². The lowest BCUT2D eigenvalue weighted by molar-refractivity contribution is -0.116. The number of nitrogens with two attached hydrogens (primary N) is 1. The molecule has 26 heavy (non-hydrogen) atoms. The average Bonchev–Trinajstić information content (AvgIpc) is 2.70. The second kappa shape index (κ2) is 6.60. The number of amides is 3. The van der Waals surface area contributed by atoms with Crippen molar-refractivity contribution in [3.05, 3.63) is 11.6 Å². The maximum Gasteiger partial charge on any atom is 0.418 e. The summed E-state index contributed by atoms with van der Waals surface area (Å²) in [6.45, 7) is 10.5. The lowest BCUT2D eigenvalue weighted by Crippen LogP contribution is -2.48. The zero-order valence-electron chi connectivity index (χ0n) is 15.4. The van der Waals surface area contributed by atoms with Gasteiger partial charge in [0.1, 0.15) is 6.04 Å². The van der Waals surface area contributed by atoms with Crippen molar-refractivity contribution >= 4 is 30.7 Å². The summed E-state index contributed by atoms with van der Waals surface area (Å²) < 4.78 is 41.4. The number of primary amides is 1. The molecule has 1 saturated heterocycles. The Morgan fingerprint density at radius 2 is 2.00 bits per heavy atom. The van der Waals surface area contributed by atoms with E-state index in [2.05, 4.69) is 38.1 Å². The van der Waals surface area contributed by atoms with E-state index in [1.807, 2.05) is 0 Å². The summed E-state index contributed by atoms with van der Waals surface area (Å²) in [6.07, 6.45) is 1.49. The van der Waals surface area contributed by atoms with Crippen molar-refractivity contribution in [2.24, 2.45) is 5.73 Å². The van der Waals surface area contributed by atoms with Crippen molar-refractivity contribution in [2.75, 3.05) is 13.2 Å². The molecule has 2 atom stereocenters. The van der Waals surface area contributed by atoms with Crippen LogP contribution in [0, 0.1) is 0 Å². The number of carbonyl (C=O) groups is 2. The van der Waals surface area contributed by atoms with E-state index in [1.165, 1.54) is 11.0 Å². The van der Waals surface area contributed by atoms with Crippen LogP contribution in [-0.4, -0.2) is 68.4 Å². The van der Waals surface area contributed by atoms with Crippen LogP contribution < -0.4 is 5.73 Å². The third kappa shape index (κ3) is 4.09. The molecule has 2 aliphatic rings. The van der Waals surface area contributed by atoms with Gasteiger partial charge in [-0.1, -0.05) is 20.8 Å². The van der Waals surface area contributed by atoms with Crippen molar-refractivity contribution in [3.8, 4) is 0 Å². The molecule has 0 aliphatic carbocycles. The number of hydrogen-bond donors (Lipinski definition) is 2. The Kier molecular flexibility index (Phi) is 5.29. The summed E-state index contributed by atoms with van der Waals surface area (Å²) in [5.74, 6) is -0.800. The van der Waals surface area contributed by atoms with E-state index < -0.39 is 42.7 Å². The molecule has 10 nitrogen and oxygen atoms in total. The van der Waals surface area contributed by atoms with Crippen LogP contribution in [-0.2, 0) is 23.9 Å². The van der Waals surface area contributed by atoms with Gasteiger partial charge in [0, 0.05) is 5.57 Å². The number of urea groups is 1. The zero-order chi connectivity index (χ0) is 20.1. The molecule has 3 amide bonds. The van der Waals surface area contributed by atoms with Crippen molar-refractivity contribution in [3.63, 3.8) is 0 Å². The van der Waals surface area contributed by atoms with Gasteiger partial charge in [-0.3, -0.25) is 9.35 Å². The number of fused-ring (bicyclic) bond motifs is 2. The Hall–Kier alpha value is -1.47. The summed E-state index contributed by atoms with van der Waals surface area (Å²) in [7, 11) is -7.03. The predicted octanol–water partition coefficient (Wildman–Crippen LogP) is 0.643. The van der Waals surface area contributed by atoms with Crippen LogP contribution in [0.5, 0.6) is 0 Å². The largest absolute Gasteiger partial charge is 0.418 e. The van der Waals surface area contributed by atoms with Crippen LogP contribution in [0.2, 0.25) is 18.1 Å². The normalized spacial score (nSPS) is 24.1. The van der Waals surface area contributed by atoms with Gasteiger partial charge < -0.3 is 15.1 Å². The molecular weight excluding hydrogens is 382 g/mol. The van der Waals surface area contributed by atoms with Gasteiger partial charge in [0.05, 0.1) is 19.2 Å². The molecule has 0 spiro atoms. The zero-order valence-corrected chi connectivity index (χ0v) is 17.2. The summed E-state index contributed by atoms with van der Waals surface area (Å²) in [5, 5.41) is 0.411. The highest BCUT2D eigenvalue weighted by atomic mass is 32.3. The SMILES string of the molecule is CC(C)(C)[Si](C)(C)OC[C@@H]1C=C(C(N)=O)[C@@H]2CN1C(=O)N2OS(=O)(=O)O. The monoisotopic (exact) mass is 407 g/mol. The number of nitrogens with zero attached hydrogens (tertiary/aromatic N) is 2. The van der Waals surface area contributed by atoms with Gasteiger partial charge in [-0.15, -0.1) is 4.28 Å². The second-order valence-corrected chi connectivity index (χ2v) is 13.7. The Balaban J connectivity index is 2.27. The smallest absolute Gasteiger partial charge is 0.414 e. The van der Waals surface area contributed by atoms with Crippen LogP contribution in [0.4, 0.5) is 4.79 Å². The van der Waals surface area contributed by atoms with E-state index >= 15 is 0 Å². The van der Waals surface area contributed by atoms with Gasteiger partial charge in [-0.25, -0.2) is 4.79 Å². The maximum absolute atomic E-state index is 12.5. The first-order chi connectivity index (χ1) is 11.6. The molecule has 0 saturated carbocycles. The summed E-state index contributed by atoms with van der Waals surface area (Å²) >= 11 is 0. The van der Waals surface area contributed by atoms with Gasteiger partial charge in [-0.2, -0.15) is 13.5 Å². The number of rotatable bonds is 6. The molecule has 2 aliphatic heterocycles. The molecule has 0 unspecified atom stereocenters. The minimum atomic E-state index is -4.93. The molecule has 3 N–H and O–H groups in total. The topological polar surface area (TPSA) is 139 Å². The molecule has 0 aromatic heterocycles. The molecule has 1 fully saturated rings. The van der Waals surface area contributed by atoms with Crippen molar-refractivity contribution in [1.82, 2.24) is 9.96 Å². The highest BCUT2D eigenvalue weighted by molar-refractivity contribution is 7.80. The molecule has 2 heterocycles. The lowest BCUT2D eigenvalue weighted by atomic mass is 10.00. The highest BCUT2D eigenvalue weighted by Crippen LogP contribution is 2.37. The third-order valence-electron chi connectivity index (χ3n) is 5.10. The van der Waals surface area contributed by atoms with Crippen LogP contribution >= 0.6 is 0 Å². The first-order valence-electron chi connectivity index (χ1n) is 8.06. The van der Waals surface area contributed by atoms with E-state index in [4.69, 9.17) is 14.7 Å². The molecular formula is C14H25N3O7SSi. The Morgan fingerprint density at radius 3 is 2.46 bits per heavy atom. The Morgan fingerprint density at radius 1 is 1.42 bits per heavy atom. The van der Waals surface area contributed by atoms with E-state index in [1.54, 1.807) is 0 Å². The van der Waals surface area contributed by atoms with Gasteiger partial charge in [0.15, 0.2) is 8.32 Å². The molecule has 0 aromatic rings.